The molecule has 0 saturated heterocycles. The Balaban J connectivity index is 2.23. The third-order valence-electron chi connectivity index (χ3n) is 3.24. The highest BCUT2D eigenvalue weighted by molar-refractivity contribution is 7.12. The van der Waals surface area contributed by atoms with Crippen molar-refractivity contribution in [3.8, 4) is 11.6 Å². The maximum Gasteiger partial charge on any atom is 0.460 e. The molecule has 0 atom stereocenters. The molecule has 0 aliphatic carbocycles. The molecule has 24 heavy (non-hydrogen) atoms. The number of ether oxygens (including phenoxy) is 2. The molecule has 0 radical (unpaired) electrons. The molecule has 1 aromatic heterocycles. The molecule has 0 spiro atoms. The topological polar surface area (TPSA) is 31.4 Å². The highest BCUT2D eigenvalue weighted by Crippen LogP contribution is 2.46. The van der Waals surface area contributed by atoms with Crippen LogP contribution >= 0.6 is 11.3 Å². The number of alkyl halides is 5. The first-order valence-electron chi connectivity index (χ1n) is 6.75. The van der Waals surface area contributed by atoms with E-state index in [1.165, 1.54) is 14.0 Å². The number of aryl methyl sites for hydroxylation is 2. The van der Waals surface area contributed by atoms with Gasteiger partial charge in [0.2, 0.25) is 5.88 Å². The summed E-state index contributed by atoms with van der Waals surface area (Å²) in [5, 5.41) is -1.33. The highest BCUT2D eigenvalue weighted by Gasteiger charge is 2.61. The van der Waals surface area contributed by atoms with E-state index in [9.17, 15) is 22.0 Å². The summed E-state index contributed by atoms with van der Waals surface area (Å²) in [6.07, 6.45) is -5.70. The minimum Gasteiger partial charge on any atom is -0.496 e. The zero-order valence-corrected chi connectivity index (χ0v) is 13.8. The number of methoxy groups -OCH3 is 1. The van der Waals surface area contributed by atoms with Crippen molar-refractivity contribution >= 4 is 11.3 Å². The molecule has 0 N–H and O–H groups in total. The summed E-state index contributed by atoms with van der Waals surface area (Å²) in [6.45, 7) is 3.13. The maximum atomic E-state index is 13.3. The first-order chi connectivity index (χ1) is 11.1. The van der Waals surface area contributed by atoms with Crippen molar-refractivity contribution in [2.45, 2.75) is 32.6 Å². The predicted octanol–water partition coefficient (Wildman–Crippen LogP) is 5.00. The van der Waals surface area contributed by atoms with Crippen LogP contribution in [0.4, 0.5) is 22.0 Å². The molecule has 0 aliphatic rings. The minimum absolute atomic E-state index is 0.0630. The number of nitrogens with zero attached hydrogens (tertiary/aromatic N) is 1. The monoisotopic (exact) mass is 367 g/mol. The molecule has 0 unspecified atom stereocenters. The van der Waals surface area contributed by atoms with Crippen molar-refractivity contribution in [1.29, 1.82) is 0 Å². The average Bonchev–Trinajstić information content (AvgIpc) is 2.86. The van der Waals surface area contributed by atoms with Gasteiger partial charge in [-0.15, -0.1) is 11.3 Å². The van der Waals surface area contributed by atoms with Crippen LogP contribution in [0, 0.1) is 13.8 Å². The van der Waals surface area contributed by atoms with E-state index in [1.54, 1.807) is 12.1 Å². The summed E-state index contributed by atoms with van der Waals surface area (Å²) in [4.78, 5) is 3.47. The van der Waals surface area contributed by atoms with E-state index in [0.717, 1.165) is 5.56 Å². The van der Waals surface area contributed by atoms with Gasteiger partial charge in [0.25, 0.3) is 0 Å². The molecule has 1 heterocycles. The Morgan fingerprint density at radius 3 is 2.38 bits per heavy atom. The highest BCUT2D eigenvalue weighted by atomic mass is 32.1. The van der Waals surface area contributed by atoms with Crippen molar-refractivity contribution in [3.05, 3.63) is 39.2 Å². The maximum absolute atomic E-state index is 13.3. The van der Waals surface area contributed by atoms with E-state index in [0.29, 0.717) is 11.3 Å². The van der Waals surface area contributed by atoms with Crippen molar-refractivity contribution in [3.63, 3.8) is 0 Å². The lowest BCUT2D eigenvalue weighted by molar-refractivity contribution is -0.289. The summed E-state index contributed by atoms with van der Waals surface area (Å²) < 4.78 is 74.5. The van der Waals surface area contributed by atoms with Crippen molar-refractivity contribution in [1.82, 2.24) is 4.98 Å². The number of halogens is 5. The summed E-state index contributed by atoms with van der Waals surface area (Å²) >= 11 is 0.259. The van der Waals surface area contributed by atoms with Gasteiger partial charge in [-0.05, 0) is 19.4 Å². The van der Waals surface area contributed by atoms with Gasteiger partial charge in [-0.25, -0.2) is 0 Å². The fourth-order valence-corrected chi connectivity index (χ4v) is 2.89. The van der Waals surface area contributed by atoms with Crippen LogP contribution in [0.3, 0.4) is 0 Å². The van der Waals surface area contributed by atoms with Gasteiger partial charge in [0.15, 0.2) is 5.01 Å². The molecule has 3 nitrogen and oxygen atoms in total. The van der Waals surface area contributed by atoms with Gasteiger partial charge in [0, 0.05) is 5.56 Å². The molecule has 0 aliphatic heterocycles. The van der Waals surface area contributed by atoms with Crippen molar-refractivity contribution in [2.75, 3.05) is 7.11 Å². The Bertz CT molecular complexity index is 727. The SMILES string of the molecule is COc1c(C)cccc1COc1nc(C(F)(F)C(F)(F)F)sc1C. The van der Waals surface area contributed by atoms with Gasteiger partial charge in [-0.3, -0.25) is 0 Å². The molecule has 9 heteroatoms. The third kappa shape index (κ3) is 3.45. The summed E-state index contributed by atoms with van der Waals surface area (Å²) in [5.74, 6) is -4.70. The van der Waals surface area contributed by atoms with Crippen LogP contribution in [0.5, 0.6) is 11.6 Å². The Kier molecular flexibility index (Phi) is 5.03. The van der Waals surface area contributed by atoms with Crippen LogP contribution in [0.15, 0.2) is 18.2 Å². The van der Waals surface area contributed by atoms with Gasteiger partial charge < -0.3 is 9.47 Å². The molecule has 0 fully saturated rings. The molecule has 1 aromatic carbocycles. The largest absolute Gasteiger partial charge is 0.496 e. The summed E-state index contributed by atoms with van der Waals surface area (Å²) in [5.41, 5.74) is 1.48. The zero-order valence-electron chi connectivity index (χ0n) is 13.0. The quantitative estimate of drug-likeness (QED) is 0.697. The van der Waals surface area contributed by atoms with Crippen molar-refractivity contribution < 1.29 is 31.4 Å². The van der Waals surface area contributed by atoms with Gasteiger partial charge in [0.1, 0.15) is 12.4 Å². The number of benzene rings is 1. The van der Waals surface area contributed by atoms with E-state index in [1.807, 2.05) is 13.0 Å². The number of thiazole rings is 1. The predicted molar refractivity (Wildman–Crippen MR) is 78.9 cm³/mol. The molecule has 132 valence electrons. The number of para-hydroxylation sites is 1. The molecule has 0 saturated carbocycles. The van der Waals surface area contributed by atoms with Crippen LogP contribution in [-0.4, -0.2) is 18.3 Å². The summed E-state index contributed by atoms with van der Waals surface area (Å²) in [6, 6.07) is 5.28. The Hall–Kier alpha value is -1.90. The Morgan fingerprint density at radius 1 is 1.12 bits per heavy atom. The second-order valence-electron chi connectivity index (χ2n) is 5.01. The average molecular weight is 367 g/mol. The first kappa shape index (κ1) is 18.4. The van der Waals surface area contributed by atoms with Crippen LogP contribution in [-0.2, 0) is 12.5 Å². The van der Waals surface area contributed by atoms with Gasteiger partial charge in [-0.1, -0.05) is 18.2 Å². The van der Waals surface area contributed by atoms with E-state index in [-0.39, 0.29) is 28.7 Å². The molecule has 0 amide bonds. The molecule has 2 rings (SSSR count). The van der Waals surface area contributed by atoms with E-state index in [4.69, 9.17) is 9.47 Å². The zero-order chi connectivity index (χ0) is 18.1. The van der Waals surface area contributed by atoms with Crippen LogP contribution in [0.2, 0.25) is 0 Å². The Labute approximate surface area is 139 Å². The molecule has 2 aromatic rings. The van der Waals surface area contributed by atoms with E-state index >= 15 is 0 Å². The standard InChI is InChI=1S/C15H14F5NO2S/c1-8-5-4-6-10(11(8)22-3)7-23-12-9(2)24-13(21-12)14(16,17)15(18,19)20/h4-6H,7H2,1-3H3. The lowest BCUT2D eigenvalue weighted by Gasteiger charge is -2.16. The lowest BCUT2D eigenvalue weighted by Crippen LogP contribution is -2.33. The molecular weight excluding hydrogens is 353 g/mol. The summed E-state index contributed by atoms with van der Waals surface area (Å²) in [7, 11) is 1.47. The molecule has 0 bridgehead atoms. The second-order valence-corrected chi connectivity index (χ2v) is 6.21. The lowest BCUT2D eigenvalue weighted by atomic mass is 10.1. The number of hydrogen-bond acceptors (Lipinski definition) is 4. The van der Waals surface area contributed by atoms with E-state index in [2.05, 4.69) is 4.98 Å². The Morgan fingerprint density at radius 2 is 1.79 bits per heavy atom. The van der Waals surface area contributed by atoms with Gasteiger partial charge >= 0.3 is 12.1 Å². The smallest absolute Gasteiger partial charge is 0.460 e. The van der Waals surface area contributed by atoms with E-state index < -0.39 is 17.1 Å². The van der Waals surface area contributed by atoms with Gasteiger partial charge in [-0.2, -0.15) is 26.9 Å². The van der Waals surface area contributed by atoms with Crippen LogP contribution in [0.25, 0.3) is 0 Å². The van der Waals surface area contributed by atoms with Crippen LogP contribution in [0.1, 0.15) is 21.0 Å². The second kappa shape index (κ2) is 6.54. The fraction of sp³-hybridized carbons (Fsp3) is 0.400. The third-order valence-corrected chi connectivity index (χ3v) is 4.26. The minimum atomic E-state index is -5.70. The van der Waals surface area contributed by atoms with Crippen molar-refractivity contribution in [2.24, 2.45) is 0 Å². The number of rotatable bonds is 5. The fourth-order valence-electron chi connectivity index (χ4n) is 2.04. The number of aromatic nitrogens is 1. The normalized spacial score (nSPS) is 12.3. The van der Waals surface area contributed by atoms with Crippen LogP contribution < -0.4 is 9.47 Å². The first-order valence-corrected chi connectivity index (χ1v) is 7.57. The van der Waals surface area contributed by atoms with Gasteiger partial charge in [0.05, 0.1) is 12.0 Å². The number of hydrogen-bond donors (Lipinski definition) is 0. The molecular formula is C15H14F5NO2S.